The smallest absolute Gasteiger partial charge is 0.245 e. The Morgan fingerprint density at radius 2 is 1.83 bits per heavy atom. The van der Waals surface area contributed by atoms with E-state index in [2.05, 4.69) is 4.18 Å². The summed E-state index contributed by atoms with van der Waals surface area (Å²) in [5.74, 6) is -4.30. The van der Waals surface area contributed by atoms with Gasteiger partial charge in [-0.3, -0.25) is 0 Å². The van der Waals surface area contributed by atoms with Gasteiger partial charge in [0, 0.05) is 0 Å². The van der Waals surface area contributed by atoms with Crippen LogP contribution in [0.5, 0.6) is 0 Å². The van der Waals surface area contributed by atoms with E-state index in [-0.39, 0.29) is 0 Å². The highest BCUT2D eigenvalue weighted by Gasteiger charge is 2.55. The summed E-state index contributed by atoms with van der Waals surface area (Å²) in [6, 6.07) is 0. The Bertz CT molecular complexity index is 272. The SMILES string of the molecule is O=S1(=O)O[C@@H]1CC(F)(F)C(F)F. The van der Waals surface area contributed by atoms with Gasteiger partial charge in [0.2, 0.25) is 5.44 Å². The Morgan fingerprint density at radius 1 is 1.42 bits per heavy atom. The second-order valence-electron chi connectivity index (χ2n) is 2.28. The zero-order chi connectivity index (χ0) is 9.57. The number of hydrogen-bond acceptors (Lipinski definition) is 3. The molecule has 72 valence electrons. The van der Waals surface area contributed by atoms with E-state index in [9.17, 15) is 26.0 Å². The van der Waals surface area contributed by atoms with E-state index in [1.54, 1.807) is 0 Å². The van der Waals surface area contributed by atoms with Gasteiger partial charge in [-0.15, -0.1) is 0 Å². The Hall–Kier alpha value is -0.370. The Balaban J connectivity index is 2.53. The van der Waals surface area contributed by atoms with Gasteiger partial charge in [0.15, 0.2) is 0 Å². The van der Waals surface area contributed by atoms with Crippen molar-refractivity contribution in [3.63, 3.8) is 0 Å². The standard InChI is InChI=1S/C4H4F4O3S/c5-3(6)4(7,8)1-2-11-12(2,9)10/h2-3H,1H2/t2-/m0/s1. The minimum absolute atomic E-state index is 1.48. The van der Waals surface area contributed by atoms with Crippen LogP contribution in [0.15, 0.2) is 0 Å². The first-order chi connectivity index (χ1) is 5.26. The lowest BCUT2D eigenvalue weighted by atomic mass is 10.2. The Labute approximate surface area is 65.4 Å². The van der Waals surface area contributed by atoms with Crippen molar-refractivity contribution >= 4 is 10.1 Å². The van der Waals surface area contributed by atoms with Gasteiger partial charge in [-0.05, 0) is 0 Å². The fourth-order valence-electron chi connectivity index (χ4n) is 0.574. The third kappa shape index (κ3) is 1.86. The second kappa shape index (κ2) is 2.56. The van der Waals surface area contributed by atoms with Crippen LogP contribution in [0.2, 0.25) is 0 Å². The topological polar surface area (TPSA) is 46.7 Å². The summed E-state index contributed by atoms with van der Waals surface area (Å²) in [7, 11) is -3.94. The van der Waals surface area contributed by atoms with Crippen molar-refractivity contribution in [1.82, 2.24) is 0 Å². The van der Waals surface area contributed by atoms with Crippen molar-refractivity contribution < 1.29 is 30.2 Å². The quantitative estimate of drug-likeness (QED) is 0.512. The average molecular weight is 208 g/mol. The van der Waals surface area contributed by atoms with Crippen molar-refractivity contribution in [3.05, 3.63) is 0 Å². The molecule has 0 N–H and O–H groups in total. The fourth-order valence-corrected chi connectivity index (χ4v) is 1.51. The summed E-state index contributed by atoms with van der Waals surface area (Å²) >= 11 is 0. The van der Waals surface area contributed by atoms with Gasteiger partial charge in [0.25, 0.3) is 10.1 Å². The fraction of sp³-hybridized carbons (Fsp3) is 1.00. The van der Waals surface area contributed by atoms with Crippen LogP contribution in [-0.4, -0.2) is 26.2 Å². The molecule has 0 radical (unpaired) electrons. The molecule has 0 aromatic rings. The third-order valence-electron chi connectivity index (χ3n) is 1.28. The Kier molecular flexibility index (Phi) is 2.07. The molecule has 1 rings (SSSR count). The van der Waals surface area contributed by atoms with E-state index in [0.29, 0.717) is 0 Å². The molecule has 1 atom stereocenters. The molecule has 8 heteroatoms. The van der Waals surface area contributed by atoms with Gasteiger partial charge in [-0.1, -0.05) is 0 Å². The van der Waals surface area contributed by atoms with E-state index < -0.39 is 34.3 Å². The molecule has 3 nitrogen and oxygen atoms in total. The maximum atomic E-state index is 12.1. The molecular formula is C4H4F4O3S. The van der Waals surface area contributed by atoms with E-state index >= 15 is 0 Å². The van der Waals surface area contributed by atoms with Gasteiger partial charge in [0.05, 0.1) is 6.42 Å². The van der Waals surface area contributed by atoms with Crippen molar-refractivity contribution in [1.29, 1.82) is 0 Å². The van der Waals surface area contributed by atoms with Crippen LogP contribution in [0.25, 0.3) is 0 Å². The molecule has 0 spiro atoms. The normalized spacial score (nSPS) is 27.6. The number of halogens is 4. The van der Waals surface area contributed by atoms with Crippen LogP contribution in [0, 0.1) is 0 Å². The van der Waals surface area contributed by atoms with Crippen LogP contribution in [0.4, 0.5) is 17.6 Å². The molecule has 0 saturated carbocycles. The summed E-state index contributed by atoms with van der Waals surface area (Å²) in [5, 5.41) is 0. The van der Waals surface area contributed by atoms with Crippen molar-refractivity contribution in [2.45, 2.75) is 24.2 Å². The minimum atomic E-state index is -4.30. The van der Waals surface area contributed by atoms with Gasteiger partial charge in [0.1, 0.15) is 0 Å². The summed E-state index contributed by atoms with van der Waals surface area (Å²) in [6.07, 6.45) is -5.34. The first-order valence-electron chi connectivity index (χ1n) is 2.84. The molecule has 0 bridgehead atoms. The average Bonchev–Trinajstić information content (AvgIpc) is 2.37. The largest absolute Gasteiger partial charge is 0.311 e. The van der Waals surface area contributed by atoms with Gasteiger partial charge in [-0.25, -0.2) is 21.7 Å². The van der Waals surface area contributed by atoms with Crippen LogP contribution >= 0.6 is 0 Å². The predicted octanol–water partition coefficient (Wildman–Crippen LogP) is 0.963. The lowest BCUT2D eigenvalue weighted by Gasteiger charge is -2.11. The summed E-state index contributed by atoms with van der Waals surface area (Å²) in [5.41, 5.74) is -1.76. The maximum absolute atomic E-state index is 12.1. The van der Waals surface area contributed by atoms with Crippen LogP contribution in [-0.2, 0) is 14.3 Å². The molecule has 1 saturated heterocycles. The molecule has 0 aromatic heterocycles. The highest BCUT2D eigenvalue weighted by atomic mass is 32.2. The number of rotatable bonds is 3. The molecule has 0 unspecified atom stereocenters. The van der Waals surface area contributed by atoms with Gasteiger partial charge in [-0.2, -0.15) is 8.42 Å². The van der Waals surface area contributed by atoms with E-state index in [4.69, 9.17) is 0 Å². The number of alkyl halides is 4. The second-order valence-corrected chi connectivity index (χ2v) is 3.99. The number of hydrogen-bond donors (Lipinski definition) is 0. The van der Waals surface area contributed by atoms with Crippen molar-refractivity contribution in [2.24, 2.45) is 0 Å². The lowest BCUT2D eigenvalue weighted by Crippen LogP contribution is -2.28. The van der Waals surface area contributed by atoms with Crippen molar-refractivity contribution in [2.75, 3.05) is 0 Å². The zero-order valence-electron chi connectivity index (χ0n) is 5.51. The van der Waals surface area contributed by atoms with E-state index in [1.165, 1.54) is 0 Å². The molecule has 1 aliphatic heterocycles. The molecule has 0 aromatic carbocycles. The van der Waals surface area contributed by atoms with Gasteiger partial charge < -0.3 is 0 Å². The molecule has 1 heterocycles. The molecule has 1 aliphatic rings. The zero-order valence-corrected chi connectivity index (χ0v) is 6.32. The van der Waals surface area contributed by atoms with Crippen LogP contribution in [0.3, 0.4) is 0 Å². The first kappa shape index (κ1) is 9.72. The van der Waals surface area contributed by atoms with E-state index in [1.807, 2.05) is 0 Å². The third-order valence-corrected chi connectivity index (χ3v) is 2.50. The highest BCUT2D eigenvalue weighted by Crippen LogP contribution is 2.37. The first-order valence-corrected chi connectivity index (χ1v) is 4.31. The van der Waals surface area contributed by atoms with Crippen LogP contribution in [0.1, 0.15) is 6.42 Å². The van der Waals surface area contributed by atoms with Crippen molar-refractivity contribution in [3.8, 4) is 0 Å². The molecule has 0 amide bonds. The molecule has 12 heavy (non-hydrogen) atoms. The lowest BCUT2D eigenvalue weighted by molar-refractivity contribution is -0.135. The summed E-state index contributed by atoms with van der Waals surface area (Å²) < 4.78 is 71.2. The summed E-state index contributed by atoms with van der Waals surface area (Å²) in [6.45, 7) is 0. The molecule has 1 fully saturated rings. The van der Waals surface area contributed by atoms with E-state index in [0.717, 1.165) is 0 Å². The maximum Gasteiger partial charge on any atom is 0.311 e. The highest BCUT2D eigenvalue weighted by molar-refractivity contribution is 7.92. The predicted molar refractivity (Wildman–Crippen MR) is 29.4 cm³/mol. The summed E-state index contributed by atoms with van der Waals surface area (Å²) in [4.78, 5) is 0. The Morgan fingerprint density at radius 3 is 2.08 bits per heavy atom. The van der Waals surface area contributed by atoms with Crippen LogP contribution < -0.4 is 0 Å². The molecular weight excluding hydrogens is 204 g/mol. The minimum Gasteiger partial charge on any atom is -0.245 e. The molecule has 0 aliphatic carbocycles. The van der Waals surface area contributed by atoms with Gasteiger partial charge >= 0.3 is 12.3 Å². The monoisotopic (exact) mass is 208 g/mol.